The quantitative estimate of drug-likeness (QED) is 0.313. The summed E-state index contributed by atoms with van der Waals surface area (Å²) in [5.41, 5.74) is 4.57. The van der Waals surface area contributed by atoms with E-state index in [9.17, 15) is 4.79 Å². The molecule has 0 aromatic heterocycles. The maximum Gasteiger partial charge on any atom is 0.317 e. The predicted molar refractivity (Wildman–Crippen MR) is 16.7 cm³/mol. The number of hydrogen-bond acceptors (Lipinski definition) is 2. The first-order chi connectivity index (χ1) is 2.27. The maximum atomic E-state index is 9.24. The third kappa shape index (κ3) is 3.43. The zero-order chi connectivity index (χ0) is 4.28. The van der Waals surface area contributed by atoms with Gasteiger partial charge < -0.3 is 10.8 Å². The largest absolute Gasteiger partial charge is 0.480 e. The number of nitrogens with two attached hydrogens (primary N) is 1. The molecule has 5 heavy (non-hydrogen) atoms. The van der Waals surface area contributed by atoms with Crippen LogP contribution in [0.4, 0.5) is 0 Å². The molecule has 0 bridgehead atoms. The lowest BCUT2D eigenvalue weighted by molar-refractivity contribution is -0.135. The lowest BCUT2D eigenvalue weighted by atomic mass is 11.7. The molecule has 0 aliphatic heterocycles. The van der Waals surface area contributed by atoms with Gasteiger partial charge in [-0.2, -0.15) is 0 Å². The molecule has 0 aromatic rings. The molecule has 3 nitrogen and oxygen atoms in total. The minimum Gasteiger partial charge on any atom is -0.480 e. The highest BCUT2D eigenvalue weighted by atomic mass is 16.5. The molecule has 3 N–H and O–H groups in total. The van der Waals surface area contributed by atoms with Gasteiger partial charge in [0, 0.05) is 0 Å². The zero-order valence-electron chi connectivity index (χ0n) is 2.64. The number of carboxylic acid groups (broad SMARTS) is 1. The normalized spacial score (nSPS) is 7.40. The van der Waals surface area contributed by atoms with Crippen molar-refractivity contribution in [2.45, 2.75) is 0 Å². The van der Waals surface area contributed by atoms with Crippen LogP contribution in [0.1, 0.15) is 0 Å². The molecule has 0 unspecified atom stereocenters. The summed E-state index contributed by atoms with van der Waals surface area (Å²) < 4.78 is 0. The van der Waals surface area contributed by atoms with Gasteiger partial charge >= 0.3 is 5.97 Å². The highest BCUT2D eigenvalue weighted by Crippen LogP contribution is 1.43. The van der Waals surface area contributed by atoms with Gasteiger partial charge in [0.1, 0.15) is 0 Å². The van der Waals surface area contributed by atoms with Gasteiger partial charge in [-0.25, -0.2) is 0 Å². The number of hydrogen-bond donors (Lipinski definition) is 2. The molecule has 0 aliphatic rings. The topological polar surface area (TPSA) is 63.3 Å². The summed E-state index contributed by atoms with van der Waals surface area (Å²) in [6.45, 7) is -0.278. The Hall–Kier alpha value is -0.570. The molecule has 0 saturated heterocycles. The minimum atomic E-state index is -0.968. The first-order valence-electron chi connectivity index (χ1n) is 1.19. The zero-order valence-corrected chi connectivity index (χ0v) is 2.64. The summed E-state index contributed by atoms with van der Waals surface area (Å²) in [6, 6.07) is 0. The van der Waals surface area contributed by atoms with E-state index < -0.39 is 5.97 Å². The fraction of sp³-hybridized carbons (Fsp3) is 0.500. The van der Waals surface area contributed by atoms with Crippen LogP contribution < -0.4 is 5.73 Å². The van der Waals surface area contributed by atoms with E-state index in [1.54, 1.807) is 0 Å². The van der Waals surface area contributed by atoms with E-state index in [1.807, 2.05) is 0 Å². The average Bonchev–Trinajstić information content (AvgIpc) is 1.38. The van der Waals surface area contributed by atoms with Crippen molar-refractivity contribution in [1.29, 1.82) is 0 Å². The molecule has 0 rings (SSSR count). The van der Waals surface area contributed by atoms with Crippen LogP contribution in [-0.2, 0) is 4.79 Å². The standard InChI is InChI=1S/C2H5NO2/c3-1-2(4)5/h1,3H2,(H,4,5)/i1+1,2+1,3+1. The van der Waals surface area contributed by atoms with E-state index >= 15 is 0 Å². The maximum absolute atomic E-state index is 9.24. The van der Waals surface area contributed by atoms with Gasteiger partial charge in [-0.3, -0.25) is 4.79 Å². The SMILES string of the molecule is [15NH2][13CH2][13C](=O)O. The van der Waals surface area contributed by atoms with Gasteiger partial charge in [-0.05, 0) is 0 Å². The Morgan fingerprint density at radius 3 is 2.20 bits per heavy atom. The highest BCUT2D eigenvalue weighted by molar-refractivity contribution is 5.68. The van der Waals surface area contributed by atoms with Gasteiger partial charge in [0.05, 0.1) is 6.54 Å². The van der Waals surface area contributed by atoms with Crippen molar-refractivity contribution in [3.05, 3.63) is 0 Å². The van der Waals surface area contributed by atoms with E-state index in [0.29, 0.717) is 0 Å². The van der Waals surface area contributed by atoms with Crippen LogP contribution in [0, 0.1) is 0 Å². The summed E-state index contributed by atoms with van der Waals surface area (Å²) in [7, 11) is 0. The molecule has 0 spiro atoms. The fourth-order valence-corrected chi connectivity index (χ4v) is 0. The number of carboxylic acids is 1. The van der Waals surface area contributed by atoms with Crippen molar-refractivity contribution < 1.29 is 9.90 Å². The van der Waals surface area contributed by atoms with Gasteiger partial charge in [0.15, 0.2) is 0 Å². The summed E-state index contributed by atoms with van der Waals surface area (Å²) in [6.07, 6.45) is 0. The van der Waals surface area contributed by atoms with Gasteiger partial charge in [0.2, 0.25) is 0 Å². The monoisotopic (exact) mass is 78.0 g/mol. The van der Waals surface area contributed by atoms with Crippen molar-refractivity contribution in [3.8, 4) is 0 Å². The van der Waals surface area contributed by atoms with E-state index in [-0.39, 0.29) is 6.54 Å². The Labute approximate surface area is 29.4 Å². The Kier molecular flexibility index (Phi) is 1.53. The lowest BCUT2D eigenvalue weighted by Crippen LogP contribution is -2.10. The van der Waals surface area contributed by atoms with Crippen molar-refractivity contribution >= 4 is 5.97 Å². The van der Waals surface area contributed by atoms with Crippen LogP contribution in [-0.4, -0.2) is 17.6 Å². The van der Waals surface area contributed by atoms with Gasteiger partial charge in [-0.15, -0.1) is 0 Å². The van der Waals surface area contributed by atoms with Gasteiger partial charge in [0.25, 0.3) is 0 Å². The molecule has 0 atom stereocenters. The summed E-state index contributed by atoms with van der Waals surface area (Å²) in [5.74, 6) is -0.968. The third-order valence-electron chi connectivity index (χ3n) is 0.175. The van der Waals surface area contributed by atoms with E-state index in [1.165, 1.54) is 0 Å². The second-order valence-electron chi connectivity index (χ2n) is 0.598. The van der Waals surface area contributed by atoms with Gasteiger partial charge in [-0.1, -0.05) is 0 Å². The first kappa shape index (κ1) is 4.43. The van der Waals surface area contributed by atoms with Crippen molar-refractivity contribution in [1.82, 2.24) is 0 Å². The molecular formula is C2H5NO2. The number of carbonyl (C=O) groups is 1. The second kappa shape index (κ2) is 1.72. The molecule has 0 heterocycles. The molecule has 0 radical (unpaired) electrons. The molecular weight excluding hydrogens is 73.0 g/mol. The van der Waals surface area contributed by atoms with E-state index in [0.717, 1.165) is 0 Å². The number of rotatable bonds is 1. The molecule has 0 aliphatic carbocycles. The Balaban J connectivity index is 2.85. The van der Waals surface area contributed by atoms with Crippen LogP contribution >= 0.6 is 0 Å². The molecule has 0 saturated carbocycles. The van der Waals surface area contributed by atoms with E-state index in [4.69, 9.17) is 5.11 Å². The average molecular weight is 78.0 g/mol. The smallest absolute Gasteiger partial charge is 0.317 e. The first-order valence-corrected chi connectivity index (χ1v) is 1.19. The Morgan fingerprint density at radius 2 is 2.20 bits per heavy atom. The van der Waals surface area contributed by atoms with Crippen LogP contribution in [0.5, 0.6) is 0 Å². The molecule has 0 fully saturated rings. The van der Waals surface area contributed by atoms with E-state index in [2.05, 4.69) is 5.73 Å². The van der Waals surface area contributed by atoms with Crippen molar-refractivity contribution in [2.24, 2.45) is 5.73 Å². The number of aliphatic carboxylic acids is 1. The summed E-state index contributed by atoms with van der Waals surface area (Å²) in [4.78, 5) is 9.24. The lowest BCUT2D eigenvalue weighted by Gasteiger charge is -1.73. The molecule has 0 aromatic carbocycles. The second-order valence-corrected chi connectivity index (χ2v) is 0.598. The van der Waals surface area contributed by atoms with Crippen molar-refractivity contribution in [3.63, 3.8) is 0 Å². The van der Waals surface area contributed by atoms with Crippen LogP contribution in [0.25, 0.3) is 0 Å². The minimum absolute atomic E-state index is 0.278. The Bertz CT molecular complexity index is 42.9. The molecule has 0 amide bonds. The molecule has 3 heteroatoms. The highest BCUT2D eigenvalue weighted by Gasteiger charge is 1.81. The summed E-state index contributed by atoms with van der Waals surface area (Å²) >= 11 is 0. The van der Waals surface area contributed by atoms with Crippen LogP contribution in [0.2, 0.25) is 0 Å². The van der Waals surface area contributed by atoms with Crippen molar-refractivity contribution in [2.75, 3.05) is 6.54 Å². The fourth-order valence-electron chi connectivity index (χ4n) is 0. The van der Waals surface area contributed by atoms with Crippen LogP contribution in [0.3, 0.4) is 0 Å². The summed E-state index contributed by atoms with van der Waals surface area (Å²) in [5, 5.41) is 7.60. The third-order valence-corrected chi connectivity index (χ3v) is 0.175. The Morgan fingerprint density at radius 1 is 2.00 bits per heavy atom. The van der Waals surface area contributed by atoms with Crippen LogP contribution in [0.15, 0.2) is 0 Å². The predicted octanol–water partition coefficient (Wildman–Crippen LogP) is -0.970. The molecule has 30 valence electrons.